The van der Waals surface area contributed by atoms with Crippen LogP contribution in [0, 0.1) is 0 Å². The van der Waals surface area contributed by atoms with Crippen molar-refractivity contribution in [3.8, 4) is 0 Å². The fourth-order valence-electron chi connectivity index (χ4n) is 10.3. The van der Waals surface area contributed by atoms with E-state index in [9.17, 15) is 19.8 Å². The molecule has 0 aliphatic rings. The molecule has 0 bridgehead atoms. The molecule has 0 aromatic carbocycles. The molecule has 8 nitrogen and oxygen atoms in total. The van der Waals surface area contributed by atoms with Gasteiger partial charge in [-0.05, 0) is 38.5 Å². The van der Waals surface area contributed by atoms with E-state index in [2.05, 4.69) is 20.8 Å². The lowest BCUT2D eigenvalue weighted by atomic mass is 10.0. The number of aliphatic hydroxyl groups excluding tert-OH is 4. The minimum atomic E-state index is -0.984. The number of hydrogen-bond acceptors (Lipinski definition) is 8. The lowest BCUT2D eigenvalue weighted by molar-refractivity contribution is -0.154. The zero-order valence-electron chi connectivity index (χ0n) is 50.9. The summed E-state index contributed by atoms with van der Waals surface area (Å²) < 4.78 is 10.2. The molecule has 3 atom stereocenters. The van der Waals surface area contributed by atoms with E-state index in [1.165, 1.54) is 289 Å². The third-order valence-electron chi connectivity index (χ3n) is 15.6. The minimum absolute atomic E-state index is 0.103. The number of unbranched alkanes of at least 4 members (excludes halogenated alkanes) is 48. The molecule has 3 unspecified atom stereocenters. The van der Waals surface area contributed by atoms with Gasteiger partial charge in [0.2, 0.25) is 0 Å². The van der Waals surface area contributed by atoms with Crippen LogP contribution in [0.25, 0.3) is 0 Å². The van der Waals surface area contributed by atoms with E-state index in [4.69, 9.17) is 19.7 Å². The molecule has 0 aromatic rings. The number of carbonyl (C=O) groups excluding carboxylic acids is 2. The minimum Gasteiger partial charge on any atom is -0.464 e. The highest BCUT2D eigenvalue weighted by Crippen LogP contribution is 2.19. The van der Waals surface area contributed by atoms with Crippen LogP contribution < -0.4 is 0 Å². The maximum absolute atomic E-state index is 12.1. The molecule has 0 saturated carbocycles. The second kappa shape index (κ2) is 67.1. The number of ether oxygens (including phenoxy) is 2. The number of carbonyl (C=O) groups is 2. The van der Waals surface area contributed by atoms with E-state index >= 15 is 0 Å². The Morgan fingerprint density at radius 3 is 0.853 bits per heavy atom. The average Bonchev–Trinajstić information content (AvgIpc) is 3.41. The van der Waals surface area contributed by atoms with Crippen LogP contribution in [0.4, 0.5) is 0 Å². The molecule has 0 amide bonds. The topological polar surface area (TPSA) is 134 Å². The van der Waals surface area contributed by atoms with E-state index in [0.29, 0.717) is 19.4 Å². The molecule has 4 N–H and O–H groups in total. The molecule has 75 heavy (non-hydrogen) atoms. The summed E-state index contributed by atoms with van der Waals surface area (Å²) in [5, 5.41) is 38.2. The Balaban J connectivity index is 0. The van der Waals surface area contributed by atoms with Gasteiger partial charge in [-0.2, -0.15) is 0 Å². The Kier molecular flexibility index (Phi) is 67.8. The summed E-state index contributed by atoms with van der Waals surface area (Å²) in [5.41, 5.74) is 0. The molecule has 0 spiro atoms. The zero-order chi connectivity index (χ0) is 55.0. The van der Waals surface area contributed by atoms with E-state index in [0.717, 1.165) is 57.8 Å². The van der Waals surface area contributed by atoms with Crippen molar-refractivity contribution in [2.24, 2.45) is 0 Å². The summed E-state index contributed by atoms with van der Waals surface area (Å²) in [6, 6.07) is 0. The predicted octanol–water partition coefficient (Wildman–Crippen LogP) is 20.0. The summed E-state index contributed by atoms with van der Waals surface area (Å²) in [5.74, 6) is -0.748. The van der Waals surface area contributed by atoms with Crippen LogP contribution >= 0.6 is 0 Å². The first-order chi connectivity index (χ1) is 36.8. The van der Waals surface area contributed by atoms with E-state index < -0.39 is 18.2 Å². The lowest BCUT2D eigenvalue weighted by Gasteiger charge is -2.12. The van der Waals surface area contributed by atoms with Crippen LogP contribution in [0.5, 0.6) is 0 Å². The normalized spacial score (nSPS) is 12.6. The molecule has 0 radical (unpaired) electrons. The third kappa shape index (κ3) is 67.0. The quantitative estimate of drug-likeness (QED) is 0.0350. The van der Waals surface area contributed by atoms with Crippen molar-refractivity contribution in [2.75, 3.05) is 19.8 Å². The maximum Gasteiger partial charge on any atom is 0.334 e. The molecule has 450 valence electrons. The smallest absolute Gasteiger partial charge is 0.334 e. The van der Waals surface area contributed by atoms with Gasteiger partial charge in [0, 0.05) is 6.42 Å². The van der Waals surface area contributed by atoms with Crippen LogP contribution in [-0.4, -0.2) is 70.5 Å². The zero-order valence-corrected chi connectivity index (χ0v) is 50.9. The Hall–Kier alpha value is -1.22. The van der Waals surface area contributed by atoms with Gasteiger partial charge in [-0.1, -0.05) is 335 Å². The Labute approximate surface area is 468 Å². The monoisotopic (exact) mass is 1070 g/mol. The van der Waals surface area contributed by atoms with Crippen molar-refractivity contribution in [2.45, 2.75) is 399 Å². The van der Waals surface area contributed by atoms with E-state index in [-0.39, 0.29) is 25.3 Å². The van der Waals surface area contributed by atoms with Crippen LogP contribution in [0.1, 0.15) is 380 Å². The summed E-state index contributed by atoms with van der Waals surface area (Å²) in [4.78, 5) is 23.5. The summed E-state index contributed by atoms with van der Waals surface area (Å²) in [6.45, 7) is 6.71. The lowest BCUT2D eigenvalue weighted by Crippen LogP contribution is -2.23. The van der Waals surface area contributed by atoms with Gasteiger partial charge in [0.05, 0.1) is 19.3 Å². The summed E-state index contributed by atoms with van der Waals surface area (Å²) in [7, 11) is 0. The van der Waals surface area contributed by atoms with Gasteiger partial charge < -0.3 is 29.9 Å². The van der Waals surface area contributed by atoms with Gasteiger partial charge in [-0.25, -0.2) is 4.79 Å². The fourth-order valence-corrected chi connectivity index (χ4v) is 10.3. The highest BCUT2D eigenvalue weighted by atomic mass is 16.5. The van der Waals surface area contributed by atoms with Crippen LogP contribution in [0.15, 0.2) is 0 Å². The first kappa shape index (κ1) is 75.9. The molecule has 0 aliphatic heterocycles. The van der Waals surface area contributed by atoms with Crippen LogP contribution in [0.3, 0.4) is 0 Å². The van der Waals surface area contributed by atoms with Gasteiger partial charge in [0.15, 0.2) is 6.10 Å². The first-order valence-corrected chi connectivity index (χ1v) is 33.8. The second-order valence-electron chi connectivity index (χ2n) is 23.3. The van der Waals surface area contributed by atoms with Crippen molar-refractivity contribution in [1.82, 2.24) is 0 Å². The average molecular weight is 1070 g/mol. The Morgan fingerprint density at radius 1 is 0.307 bits per heavy atom. The number of aliphatic hydroxyl groups is 4. The van der Waals surface area contributed by atoms with Gasteiger partial charge in [0.1, 0.15) is 12.7 Å². The second-order valence-corrected chi connectivity index (χ2v) is 23.3. The van der Waals surface area contributed by atoms with Gasteiger partial charge in [-0.3, -0.25) is 4.79 Å². The molecule has 8 heteroatoms. The van der Waals surface area contributed by atoms with Crippen LogP contribution in [0.2, 0.25) is 0 Å². The van der Waals surface area contributed by atoms with Gasteiger partial charge >= 0.3 is 11.9 Å². The van der Waals surface area contributed by atoms with Crippen molar-refractivity contribution in [3.05, 3.63) is 0 Å². The van der Waals surface area contributed by atoms with Crippen molar-refractivity contribution < 1.29 is 39.5 Å². The van der Waals surface area contributed by atoms with Crippen molar-refractivity contribution in [3.63, 3.8) is 0 Å². The van der Waals surface area contributed by atoms with Crippen molar-refractivity contribution in [1.29, 1.82) is 0 Å². The largest absolute Gasteiger partial charge is 0.464 e. The van der Waals surface area contributed by atoms with Crippen LogP contribution in [-0.2, 0) is 19.1 Å². The third-order valence-corrected chi connectivity index (χ3v) is 15.6. The van der Waals surface area contributed by atoms with Gasteiger partial charge in [0.25, 0.3) is 0 Å². The first-order valence-electron chi connectivity index (χ1n) is 33.8. The summed E-state index contributed by atoms with van der Waals surface area (Å²) in [6.07, 6.45) is 69.1. The number of rotatable bonds is 62. The summed E-state index contributed by atoms with van der Waals surface area (Å²) >= 11 is 0. The molecule has 0 aliphatic carbocycles. The predicted molar refractivity (Wildman–Crippen MR) is 323 cm³/mol. The molecule has 0 saturated heterocycles. The molecular weight excluding hydrogens is 933 g/mol. The van der Waals surface area contributed by atoms with E-state index in [1.54, 1.807) is 0 Å². The Morgan fingerprint density at radius 2 is 0.560 bits per heavy atom. The maximum atomic E-state index is 12.1. The standard InChI is InChI=1S/C46H92O4.C21H42O4/c1-3-5-7-9-11-13-15-17-19-20-21-22-23-24-25-26-28-30-32-34-36-40-44(47)41-38-39-43-50-46(49)45(48)42-37-35-33-31-29-27-18-16-14-12-10-8-6-4-2;1-2-3-4-5-6-7-8-9-10-11-12-13-14-15-16-17-21(24)25-19-20(23)18-22/h44-45,47-48H,3-43H2,1-2H3;20,22-23H,2-19H2,1H3. The number of hydrogen-bond donors (Lipinski definition) is 4. The molecule has 0 heterocycles. The molecule has 0 aromatic heterocycles. The fraction of sp³-hybridized carbons (Fsp3) is 0.970. The van der Waals surface area contributed by atoms with E-state index in [1.807, 2.05) is 0 Å². The highest BCUT2D eigenvalue weighted by molar-refractivity contribution is 5.74. The highest BCUT2D eigenvalue weighted by Gasteiger charge is 2.16. The van der Waals surface area contributed by atoms with Crippen molar-refractivity contribution >= 4 is 11.9 Å². The number of esters is 2. The Bertz CT molecular complexity index is 1070. The molecule has 0 fully saturated rings. The van der Waals surface area contributed by atoms with Gasteiger partial charge in [-0.15, -0.1) is 0 Å². The molecular formula is C67H134O8. The molecule has 0 rings (SSSR count). The SMILES string of the molecule is CCCCCCCCCCCCCCCCCC(=O)OCC(O)CO.CCCCCCCCCCCCCCCCCCCCCCCC(O)CCCCOC(=O)C(O)CCCCCCCCCCCCCCCC.